The van der Waals surface area contributed by atoms with Crippen LogP contribution >= 0.6 is 0 Å². The number of halogens is 1. The number of hydrazone groups is 1. The van der Waals surface area contributed by atoms with Gasteiger partial charge >= 0.3 is 6.03 Å². The maximum atomic E-state index is 13.4. The summed E-state index contributed by atoms with van der Waals surface area (Å²) in [6.45, 7) is 7.24. The lowest BCUT2D eigenvalue weighted by Gasteiger charge is -2.39. The van der Waals surface area contributed by atoms with Crippen LogP contribution in [0.2, 0.25) is 0 Å². The molecule has 0 spiro atoms. The zero-order valence-corrected chi connectivity index (χ0v) is 17.3. The highest BCUT2D eigenvalue weighted by Gasteiger charge is 2.60. The van der Waals surface area contributed by atoms with E-state index in [-0.39, 0.29) is 28.7 Å². The zero-order valence-electron chi connectivity index (χ0n) is 17.3. The van der Waals surface area contributed by atoms with Crippen LogP contribution in [0.3, 0.4) is 0 Å². The predicted molar refractivity (Wildman–Crippen MR) is 110 cm³/mol. The highest BCUT2D eigenvalue weighted by molar-refractivity contribution is 5.94. The van der Waals surface area contributed by atoms with Gasteiger partial charge in [0.1, 0.15) is 5.82 Å². The summed E-state index contributed by atoms with van der Waals surface area (Å²) in [5, 5.41) is 9.71. The summed E-state index contributed by atoms with van der Waals surface area (Å²) in [5.74, 6) is 0.392. The maximum Gasteiger partial charge on any atom is 0.338 e. The van der Waals surface area contributed by atoms with E-state index in [1.165, 1.54) is 37.8 Å². The van der Waals surface area contributed by atoms with Crippen molar-refractivity contribution in [3.63, 3.8) is 0 Å². The minimum atomic E-state index is -0.235. The first-order chi connectivity index (χ1) is 13.4. The Labute approximate surface area is 167 Å². The molecule has 0 radical (unpaired) electrons. The number of fused-ring (bicyclic) bond motifs is 2. The fourth-order valence-corrected chi connectivity index (χ4v) is 5.63. The molecule has 1 aliphatic heterocycles. The molecule has 2 saturated carbocycles. The lowest BCUT2D eigenvalue weighted by Crippen LogP contribution is -2.56. The summed E-state index contributed by atoms with van der Waals surface area (Å²) < 4.78 is 13.4. The van der Waals surface area contributed by atoms with Crippen molar-refractivity contribution in [2.45, 2.75) is 77.2 Å². The standard InChI is InChI=1S/C23H32FN3O/c1-4-5-6-20-19(16-7-9-18(24)10-8-16)15-27(26-20)21(28)25-23(3)17-11-13-22(23,2)14-12-17/h7-10,17,19H,4-6,11-15H2,1-3H3,(H,25,28)/t17?,19?,22?,23-/m0/s1. The molecular formula is C23H32FN3O. The smallest absolute Gasteiger partial charge is 0.331 e. The Hall–Kier alpha value is -1.91. The second-order valence-electron chi connectivity index (χ2n) is 9.35. The van der Waals surface area contributed by atoms with Gasteiger partial charge in [0.05, 0.1) is 6.54 Å². The summed E-state index contributed by atoms with van der Waals surface area (Å²) in [6.07, 6.45) is 7.80. The van der Waals surface area contributed by atoms with Crippen LogP contribution in [0.4, 0.5) is 9.18 Å². The molecule has 2 fully saturated rings. The van der Waals surface area contributed by atoms with Crippen molar-refractivity contribution in [2.75, 3.05) is 6.54 Å². The van der Waals surface area contributed by atoms with Crippen LogP contribution in [0, 0.1) is 17.2 Å². The maximum absolute atomic E-state index is 13.4. The molecule has 1 N–H and O–H groups in total. The fourth-order valence-electron chi connectivity index (χ4n) is 5.63. The van der Waals surface area contributed by atoms with E-state index < -0.39 is 0 Å². The van der Waals surface area contributed by atoms with Gasteiger partial charge in [-0.1, -0.05) is 32.4 Å². The number of nitrogens with one attached hydrogen (secondary N) is 1. The summed E-state index contributed by atoms with van der Waals surface area (Å²) in [4.78, 5) is 13.2. The Morgan fingerprint density at radius 2 is 1.93 bits per heavy atom. The van der Waals surface area contributed by atoms with Crippen LogP contribution in [0.5, 0.6) is 0 Å². The number of nitrogens with zero attached hydrogens (tertiary/aromatic N) is 2. The van der Waals surface area contributed by atoms with Gasteiger partial charge in [0.15, 0.2) is 0 Å². The number of benzene rings is 1. The molecule has 2 atom stereocenters. The van der Waals surface area contributed by atoms with Gasteiger partial charge in [-0.25, -0.2) is 14.2 Å². The van der Waals surface area contributed by atoms with Gasteiger partial charge in [0, 0.05) is 17.2 Å². The summed E-state index contributed by atoms with van der Waals surface area (Å²) >= 11 is 0. The third-order valence-corrected chi connectivity index (χ3v) is 7.83. The number of hydrogen-bond donors (Lipinski definition) is 1. The van der Waals surface area contributed by atoms with Crippen molar-refractivity contribution < 1.29 is 9.18 Å². The molecule has 1 aromatic carbocycles. The number of amides is 2. The quantitative estimate of drug-likeness (QED) is 0.720. The Bertz CT molecular complexity index is 767. The first-order valence-electron chi connectivity index (χ1n) is 10.8. The molecule has 4 nitrogen and oxygen atoms in total. The van der Waals surface area contributed by atoms with Crippen molar-refractivity contribution >= 4 is 11.7 Å². The van der Waals surface area contributed by atoms with Crippen LogP contribution in [-0.4, -0.2) is 28.8 Å². The molecule has 2 bridgehead atoms. The molecule has 1 aromatic rings. The second-order valence-corrected chi connectivity index (χ2v) is 9.35. The number of carbonyl (C=O) groups excluding carboxylic acids is 1. The lowest BCUT2D eigenvalue weighted by atomic mass is 9.76. The molecular weight excluding hydrogens is 353 g/mol. The summed E-state index contributed by atoms with van der Waals surface area (Å²) in [6, 6.07) is 6.55. The second kappa shape index (κ2) is 7.16. The van der Waals surface area contributed by atoms with Crippen LogP contribution in [-0.2, 0) is 0 Å². The van der Waals surface area contributed by atoms with Gasteiger partial charge in [0.2, 0.25) is 0 Å². The van der Waals surface area contributed by atoms with Crippen molar-refractivity contribution in [1.82, 2.24) is 10.3 Å². The van der Waals surface area contributed by atoms with Gasteiger partial charge in [-0.05, 0) is 74.5 Å². The van der Waals surface area contributed by atoms with Crippen molar-refractivity contribution in [2.24, 2.45) is 16.4 Å². The Balaban J connectivity index is 1.52. The Morgan fingerprint density at radius 3 is 2.50 bits per heavy atom. The van der Waals surface area contributed by atoms with Gasteiger partial charge in [-0.2, -0.15) is 5.10 Å². The van der Waals surface area contributed by atoms with Crippen molar-refractivity contribution in [1.29, 1.82) is 0 Å². The van der Waals surface area contributed by atoms with E-state index in [0.29, 0.717) is 12.5 Å². The van der Waals surface area contributed by atoms with E-state index in [1.807, 2.05) is 12.1 Å². The van der Waals surface area contributed by atoms with E-state index in [1.54, 1.807) is 5.01 Å². The van der Waals surface area contributed by atoms with Gasteiger partial charge in [0.25, 0.3) is 0 Å². The summed E-state index contributed by atoms with van der Waals surface area (Å²) in [5.41, 5.74) is 2.12. The van der Waals surface area contributed by atoms with Gasteiger partial charge in [-0.15, -0.1) is 0 Å². The van der Waals surface area contributed by atoms with Crippen LogP contribution in [0.1, 0.15) is 77.2 Å². The number of carbonyl (C=O) groups is 1. The van der Waals surface area contributed by atoms with Crippen LogP contribution in [0.25, 0.3) is 0 Å². The molecule has 2 amide bonds. The highest BCUT2D eigenvalue weighted by atomic mass is 19.1. The largest absolute Gasteiger partial charge is 0.338 e. The lowest BCUT2D eigenvalue weighted by molar-refractivity contribution is 0.148. The van der Waals surface area contributed by atoms with E-state index in [2.05, 4.69) is 26.1 Å². The molecule has 0 aromatic heterocycles. The Kier molecular flexibility index (Phi) is 4.96. The minimum absolute atomic E-state index is 0.0570. The van der Waals surface area contributed by atoms with Gasteiger partial charge in [-0.3, -0.25) is 0 Å². The molecule has 28 heavy (non-hydrogen) atoms. The van der Waals surface area contributed by atoms with Crippen LogP contribution < -0.4 is 5.32 Å². The summed E-state index contributed by atoms with van der Waals surface area (Å²) in [7, 11) is 0. The topological polar surface area (TPSA) is 44.7 Å². The number of rotatable bonds is 5. The molecule has 2 aliphatic carbocycles. The molecule has 3 aliphatic rings. The average Bonchev–Trinajstić information content (AvgIpc) is 3.28. The molecule has 1 unspecified atom stereocenters. The third kappa shape index (κ3) is 3.13. The van der Waals surface area contributed by atoms with E-state index in [0.717, 1.165) is 30.5 Å². The normalized spacial score (nSPS) is 34.0. The molecule has 152 valence electrons. The molecule has 4 rings (SSSR count). The third-order valence-electron chi connectivity index (χ3n) is 7.83. The van der Waals surface area contributed by atoms with E-state index in [4.69, 9.17) is 5.10 Å². The number of urea groups is 1. The zero-order chi connectivity index (χ0) is 19.9. The first-order valence-corrected chi connectivity index (χ1v) is 10.8. The average molecular weight is 386 g/mol. The Morgan fingerprint density at radius 1 is 1.25 bits per heavy atom. The fraction of sp³-hybridized carbons (Fsp3) is 0.652. The molecule has 1 heterocycles. The minimum Gasteiger partial charge on any atom is -0.331 e. The van der Waals surface area contributed by atoms with Crippen molar-refractivity contribution in [3.8, 4) is 0 Å². The van der Waals surface area contributed by atoms with Crippen LogP contribution in [0.15, 0.2) is 29.4 Å². The number of unbranched alkanes of at least 4 members (excludes halogenated alkanes) is 1. The van der Waals surface area contributed by atoms with Gasteiger partial charge < -0.3 is 5.32 Å². The van der Waals surface area contributed by atoms with E-state index in [9.17, 15) is 9.18 Å². The van der Waals surface area contributed by atoms with E-state index >= 15 is 0 Å². The SMILES string of the molecule is CCCCC1=NN(C(=O)N[C@@]2(C)C3CCC2(C)CC3)CC1c1ccc(F)cc1. The number of hydrogen-bond acceptors (Lipinski definition) is 2. The monoisotopic (exact) mass is 385 g/mol. The molecule has 5 heteroatoms. The molecule has 0 saturated heterocycles. The predicted octanol–water partition coefficient (Wildman–Crippen LogP) is 5.45. The van der Waals surface area contributed by atoms with Crippen molar-refractivity contribution in [3.05, 3.63) is 35.6 Å². The first kappa shape index (κ1) is 19.4. The highest BCUT2D eigenvalue weighted by Crippen LogP contribution is 2.60.